The van der Waals surface area contributed by atoms with Crippen LogP contribution in [0.3, 0.4) is 0 Å². The topological polar surface area (TPSA) is 89.3 Å². The first-order valence-corrected chi connectivity index (χ1v) is 9.71. The Morgan fingerprint density at radius 2 is 1.59 bits per heavy atom. The average Bonchev–Trinajstić information content (AvgIpc) is 3.03. The lowest BCUT2D eigenvalue weighted by Crippen LogP contribution is -2.48. The zero-order chi connectivity index (χ0) is 19.2. The Morgan fingerprint density at radius 3 is 2.33 bits per heavy atom. The van der Waals surface area contributed by atoms with E-state index >= 15 is 0 Å². The lowest BCUT2D eigenvalue weighted by Gasteiger charge is -2.35. The largest absolute Gasteiger partial charge is 0.366 e. The van der Waals surface area contributed by atoms with Crippen LogP contribution in [0.1, 0.15) is 0 Å². The molecule has 1 aliphatic rings. The standard InChI is InChI=1S/C17H16F2N4O3S/c18-11-1-3-13(19)16(9-11)22-5-7-23(8-6-22)27(25,26)12-2-4-14-15(10-12)21-17(24)20-14/h1-4,9-10H,5-8H2,(H2,20,21,24). The molecule has 27 heavy (non-hydrogen) atoms. The van der Waals surface area contributed by atoms with Crippen molar-refractivity contribution in [3.8, 4) is 0 Å². The monoisotopic (exact) mass is 394 g/mol. The highest BCUT2D eigenvalue weighted by atomic mass is 32.2. The highest BCUT2D eigenvalue weighted by Gasteiger charge is 2.29. The van der Waals surface area contributed by atoms with E-state index in [0.29, 0.717) is 11.0 Å². The summed E-state index contributed by atoms with van der Waals surface area (Å²) in [6, 6.07) is 7.57. The Balaban J connectivity index is 1.55. The fourth-order valence-corrected chi connectivity index (χ4v) is 4.67. The second-order valence-electron chi connectivity index (χ2n) is 6.27. The highest BCUT2D eigenvalue weighted by molar-refractivity contribution is 7.89. The fourth-order valence-electron chi connectivity index (χ4n) is 3.22. The zero-order valence-corrected chi connectivity index (χ0v) is 14.9. The summed E-state index contributed by atoms with van der Waals surface area (Å²) in [6.07, 6.45) is 0. The van der Waals surface area contributed by atoms with Gasteiger partial charge >= 0.3 is 5.69 Å². The van der Waals surface area contributed by atoms with E-state index in [1.165, 1.54) is 22.5 Å². The van der Waals surface area contributed by atoms with Crippen molar-refractivity contribution in [1.29, 1.82) is 0 Å². The SMILES string of the molecule is O=c1[nH]c2ccc(S(=O)(=O)N3CCN(c4cc(F)ccc4F)CC3)cc2[nH]1. The number of fused-ring (bicyclic) bond motifs is 1. The molecule has 142 valence electrons. The molecule has 2 aromatic carbocycles. The van der Waals surface area contributed by atoms with Crippen LogP contribution in [-0.4, -0.2) is 48.9 Å². The molecular weight excluding hydrogens is 378 g/mol. The van der Waals surface area contributed by atoms with E-state index in [4.69, 9.17) is 0 Å². The van der Waals surface area contributed by atoms with Gasteiger partial charge in [0.15, 0.2) is 0 Å². The minimum Gasteiger partial charge on any atom is -0.366 e. The molecule has 0 unspecified atom stereocenters. The van der Waals surface area contributed by atoms with E-state index in [9.17, 15) is 22.0 Å². The predicted octanol–water partition coefficient (Wildman–Crippen LogP) is 1.65. The number of H-pyrrole nitrogens is 2. The molecule has 7 nitrogen and oxygen atoms in total. The highest BCUT2D eigenvalue weighted by Crippen LogP contribution is 2.25. The second kappa shape index (κ2) is 6.46. The lowest BCUT2D eigenvalue weighted by molar-refractivity contribution is 0.383. The number of benzene rings is 2. The molecule has 0 atom stereocenters. The molecule has 3 aromatic rings. The van der Waals surface area contributed by atoms with Crippen LogP contribution < -0.4 is 10.6 Å². The third kappa shape index (κ3) is 3.21. The van der Waals surface area contributed by atoms with Crippen LogP contribution in [-0.2, 0) is 10.0 Å². The van der Waals surface area contributed by atoms with Crippen LogP contribution >= 0.6 is 0 Å². The third-order valence-electron chi connectivity index (χ3n) is 4.61. The van der Waals surface area contributed by atoms with Gasteiger partial charge in [0, 0.05) is 32.2 Å². The maximum atomic E-state index is 13.9. The summed E-state index contributed by atoms with van der Waals surface area (Å²) >= 11 is 0. The minimum absolute atomic E-state index is 0.0654. The molecule has 10 heteroatoms. The molecular formula is C17H16F2N4O3S. The summed E-state index contributed by atoms with van der Waals surface area (Å²) in [6.45, 7) is 0.756. The first kappa shape index (κ1) is 17.7. The number of halogens is 2. The van der Waals surface area contributed by atoms with Crippen molar-refractivity contribution < 1.29 is 17.2 Å². The molecule has 0 bridgehead atoms. The Bertz CT molecular complexity index is 1160. The smallest absolute Gasteiger partial charge is 0.323 e. The summed E-state index contributed by atoms with van der Waals surface area (Å²) in [7, 11) is -3.77. The van der Waals surface area contributed by atoms with Gasteiger partial charge in [-0.1, -0.05) is 0 Å². The van der Waals surface area contributed by atoms with Crippen LogP contribution in [0.2, 0.25) is 0 Å². The third-order valence-corrected chi connectivity index (χ3v) is 6.51. The van der Waals surface area contributed by atoms with E-state index in [1.54, 1.807) is 4.90 Å². The molecule has 1 aromatic heterocycles. The van der Waals surface area contributed by atoms with Crippen molar-refractivity contribution in [1.82, 2.24) is 14.3 Å². The molecule has 4 rings (SSSR count). The zero-order valence-electron chi connectivity index (χ0n) is 14.1. The Morgan fingerprint density at radius 1 is 0.889 bits per heavy atom. The van der Waals surface area contributed by atoms with Gasteiger partial charge in [-0.2, -0.15) is 4.31 Å². The van der Waals surface area contributed by atoms with E-state index in [-0.39, 0.29) is 36.8 Å². The maximum absolute atomic E-state index is 13.9. The molecule has 1 aliphatic heterocycles. The van der Waals surface area contributed by atoms with Gasteiger partial charge in [-0.3, -0.25) is 0 Å². The molecule has 0 radical (unpaired) electrons. The van der Waals surface area contributed by atoms with Crippen LogP contribution in [0.5, 0.6) is 0 Å². The van der Waals surface area contributed by atoms with Crippen LogP contribution in [0.4, 0.5) is 14.5 Å². The minimum atomic E-state index is -3.77. The molecule has 2 N–H and O–H groups in total. The summed E-state index contributed by atoms with van der Waals surface area (Å²) in [5.74, 6) is -1.09. The predicted molar refractivity (Wildman–Crippen MR) is 96.2 cm³/mol. The molecule has 0 spiro atoms. The number of sulfonamides is 1. The Labute approximate surface area is 153 Å². The quantitative estimate of drug-likeness (QED) is 0.707. The number of hydrogen-bond acceptors (Lipinski definition) is 4. The van der Waals surface area contributed by atoms with Crippen LogP contribution in [0.25, 0.3) is 11.0 Å². The summed E-state index contributed by atoms with van der Waals surface area (Å²) in [5, 5.41) is 0. The molecule has 0 saturated carbocycles. The first-order chi connectivity index (χ1) is 12.8. The van der Waals surface area contributed by atoms with E-state index < -0.39 is 27.3 Å². The normalized spacial score (nSPS) is 16.1. The van der Waals surface area contributed by atoms with Crippen LogP contribution in [0, 0.1) is 11.6 Å². The molecule has 1 saturated heterocycles. The molecule has 0 aliphatic carbocycles. The average molecular weight is 394 g/mol. The molecule has 1 fully saturated rings. The van der Waals surface area contributed by atoms with Gasteiger partial charge in [-0.25, -0.2) is 22.0 Å². The summed E-state index contributed by atoms with van der Waals surface area (Å²) in [5.41, 5.74) is 0.635. The van der Waals surface area contributed by atoms with Gasteiger partial charge in [0.1, 0.15) is 11.6 Å². The lowest BCUT2D eigenvalue weighted by atomic mass is 10.2. The second-order valence-corrected chi connectivity index (χ2v) is 8.21. The van der Waals surface area contributed by atoms with Crippen molar-refractivity contribution >= 4 is 26.7 Å². The van der Waals surface area contributed by atoms with Gasteiger partial charge in [0.05, 0.1) is 21.6 Å². The molecule has 2 heterocycles. The number of rotatable bonds is 3. The van der Waals surface area contributed by atoms with Crippen molar-refractivity contribution in [3.05, 3.63) is 58.5 Å². The Kier molecular flexibility index (Phi) is 4.23. The number of imidazole rings is 1. The fraction of sp³-hybridized carbons (Fsp3) is 0.235. The van der Waals surface area contributed by atoms with E-state index in [0.717, 1.165) is 18.2 Å². The summed E-state index contributed by atoms with van der Waals surface area (Å²) in [4.78, 5) is 18.1. The van der Waals surface area contributed by atoms with E-state index in [1.807, 2.05) is 0 Å². The first-order valence-electron chi connectivity index (χ1n) is 8.27. The van der Waals surface area contributed by atoms with Gasteiger partial charge in [0.25, 0.3) is 0 Å². The number of aromatic amines is 2. The van der Waals surface area contributed by atoms with E-state index in [2.05, 4.69) is 9.97 Å². The van der Waals surface area contributed by atoms with Crippen molar-refractivity contribution in [2.24, 2.45) is 0 Å². The number of nitrogens with zero attached hydrogens (tertiary/aromatic N) is 2. The van der Waals surface area contributed by atoms with Crippen molar-refractivity contribution in [2.45, 2.75) is 4.90 Å². The Hall–Kier alpha value is -2.72. The van der Waals surface area contributed by atoms with Crippen molar-refractivity contribution in [3.63, 3.8) is 0 Å². The van der Waals surface area contributed by atoms with Crippen molar-refractivity contribution in [2.75, 3.05) is 31.1 Å². The van der Waals surface area contributed by atoms with Gasteiger partial charge in [-0.05, 0) is 30.3 Å². The van der Waals surface area contributed by atoms with Gasteiger partial charge in [0.2, 0.25) is 10.0 Å². The van der Waals surface area contributed by atoms with Gasteiger partial charge < -0.3 is 14.9 Å². The molecule has 0 amide bonds. The number of aromatic nitrogens is 2. The summed E-state index contributed by atoms with van der Waals surface area (Å²) < 4.78 is 54.4. The van der Waals surface area contributed by atoms with Crippen LogP contribution in [0.15, 0.2) is 46.1 Å². The number of nitrogens with one attached hydrogen (secondary N) is 2. The number of piperazine rings is 1. The number of hydrogen-bond donors (Lipinski definition) is 2. The maximum Gasteiger partial charge on any atom is 0.323 e. The van der Waals surface area contributed by atoms with Gasteiger partial charge in [-0.15, -0.1) is 0 Å². The number of anilines is 1.